The summed E-state index contributed by atoms with van der Waals surface area (Å²) in [6.45, 7) is 1.94. The van der Waals surface area contributed by atoms with E-state index in [-0.39, 0.29) is 0 Å². The van der Waals surface area contributed by atoms with Gasteiger partial charge in [0.25, 0.3) is 0 Å². The van der Waals surface area contributed by atoms with Gasteiger partial charge in [-0.3, -0.25) is 0 Å². The van der Waals surface area contributed by atoms with Crippen LogP contribution < -0.4 is 0 Å². The standard InChI is InChI=1S/C6H12NOSi/c1-2-9(8)6-4-3-5-7/h9H,2-4,6H2,1H3. The van der Waals surface area contributed by atoms with Gasteiger partial charge in [-0.05, 0) is 18.5 Å². The third kappa shape index (κ3) is 5.54. The molecule has 0 saturated carbocycles. The summed E-state index contributed by atoms with van der Waals surface area (Å²) in [5.41, 5.74) is 0. The number of rotatable bonds is 4. The number of unbranched alkanes of at least 4 members (excludes halogenated alkanes) is 1. The van der Waals surface area contributed by atoms with E-state index in [2.05, 4.69) is 0 Å². The van der Waals surface area contributed by atoms with Crippen LogP contribution in [0.3, 0.4) is 0 Å². The Labute approximate surface area is 57.9 Å². The molecular weight excluding hydrogens is 130 g/mol. The van der Waals surface area contributed by atoms with Crippen molar-refractivity contribution in [2.75, 3.05) is 0 Å². The molecule has 51 valence electrons. The lowest BCUT2D eigenvalue weighted by Crippen LogP contribution is -2.05. The fourth-order valence-corrected chi connectivity index (χ4v) is 1.68. The first kappa shape index (κ1) is 8.67. The minimum absolute atomic E-state index is 0.561. The molecule has 3 heteroatoms. The van der Waals surface area contributed by atoms with Crippen LogP contribution in [0.1, 0.15) is 19.8 Å². The topological polar surface area (TPSA) is 43.7 Å². The molecule has 0 aromatic carbocycles. The van der Waals surface area contributed by atoms with Gasteiger partial charge in [-0.25, -0.2) is 0 Å². The Morgan fingerprint density at radius 3 is 2.78 bits per heavy atom. The largest absolute Gasteiger partial charge is 0.302 e. The van der Waals surface area contributed by atoms with Crippen LogP contribution in [0, 0.1) is 11.3 Å². The molecule has 0 heterocycles. The van der Waals surface area contributed by atoms with Crippen molar-refractivity contribution >= 4 is 9.04 Å². The average molecular weight is 142 g/mol. The van der Waals surface area contributed by atoms with E-state index in [1.165, 1.54) is 0 Å². The molecule has 0 N–H and O–H groups in total. The van der Waals surface area contributed by atoms with E-state index in [0.29, 0.717) is 6.42 Å². The molecule has 0 aliphatic heterocycles. The lowest BCUT2D eigenvalue weighted by atomic mass is 10.4. The van der Waals surface area contributed by atoms with Crippen molar-refractivity contribution < 1.29 is 4.80 Å². The van der Waals surface area contributed by atoms with E-state index in [4.69, 9.17) is 5.26 Å². The Morgan fingerprint density at radius 1 is 1.67 bits per heavy atom. The van der Waals surface area contributed by atoms with Crippen molar-refractivity contribution in [1.29, 1.82) is 5.26 Å². The Morgan fingerprint density at radius 2 is 2.33 bits per heavy atom. The quantitative estimate of drug-likeness (QED) is 0.433. The number of nitriles is 1. The molecule has 0 rings (SSSR count). The molecule has 1 atom stereocenters. The van der Waals surface area contributed by atoms with Crippen LogP contribution in [-0.2, 0) is 4.80 Å². The Bertz CT molecular complexity index is 99.7. The maximum Gasteiger partial charge on any atom is 0.222 e. The highest BCUT2D eigenvalue weighted by atomic mass is 28.3. The van der Waals surface area contributed by atoms with Gasteiger partial charge < -0.3 is 4.80 Å². The van der Waals surface area contributed by atoms with Gasteiger partial charge in [0.2, 0.25) is 9.04 Å². The summed E-state index contributed by atoms with van der Waals surface area (Å²) in [4.78, 5) is 10.8. The summed E-state index contributed by atoms with van der Waals surface area (Å²) in [6.07, 6.45) is 1.39. The number of nitrogens with zero attached hydrogens (tertiary/aromatic N) is 1. The lowest BCUT2D eigenvalue weighted by Gasteiger charge is -1.97. The van der Waals surface area contributed by atoms with Gasteiger partial charge in [0.05, 0.1) is 6.07 Å². The fourth-order valence-electron chi connectivity index (χ4n) is 0.613. The summed E-state index contributed by atoms with van der Waals surface area (Å²) in [7, 11) is -1.61. The van der Waals surface area contributed by atoms with Crippen LogP contribution in [0.2, 0.25) is 12.1 Å². The molecule has 1 unspecified atom stereocenters. The third-order valence-corrected chi connectivity index (χ3v) is 3.23. The summed E-state index contributed by atoms with van der Waals surface area (Å²) < 4.78 is 0. The highest BCUT2D eigenvalue weighted by Crippen LogP contribution is 2.01. The van der Waals surface area contributed by atoms with Crippen LogP contribution in [-0.4, -0.2) is 9.04 Å². The molecule has 0 fully saturated rings. The van der Waals surface area contributed by atoms with Gasteiger partial charge in [-0.2, -0.15) is 5.26 Å². The summed E-state index contributed by atoms with van der Waals surface area (Å²) in [5, 5.41) is 8.12. The van der Waals surface area contributed by atoms with Crippen molar-refractivity contribution in [2.24, 2.45) is 0 Å². The van der Waals surface area contributed by atoms with Gasteiger partial charge in [0.15, 0.2) is 0 Å². The molecule has 0 aromatic rings. The zero-order valence-corrected chi connectivity index (χ0v) is 6.92. The van der Waals surface area contributed by atoms with E-state index in [1.807, 2.05) is 13.0 Å². The van der Waals surface area contributed by atoms with Crippen molar-refractivity contribution in [2.45, 2.75) is 31.9 Å². The fraction of sp³-hybridized carbons (Fsp3) is 0.833. The van der Waals surface area contributed by atoms with E-state index >= 15 is 0 Å². The van der Waals surface area contributed by atoms with Gasteiger partial charge >= 0.3 is 0 Å². The average Bonchev–Trinajstić information content (AvgIpc) is 1.89. The monoisotopic (exact) mass is 142 g/mol. The number of hydrogen-bond donors (Lipinski definition) is 0. The zero-order chi connectivity index (χ0) is 7.11. The molecule has 9 heavy (non-hydrogen) atoms. The van der Waals surface area contributed by atoms with Crippen LogP contribution in [0.5, 0.6) is 0 Å². The summed E-state index contributed by atoms with van der Waals surface area (Å²) in [5.74, 6) is 0. The molecule has 0 saturated heterocycles. The molecule has 0 aliphatic rings. The van der Waals surface area contributed by atoms with Crippen molar-refractivity contribution in [3.63, 3.8) is 0 Å². The normalized spacial score (nSPS) is 12.6. The van der Waals surface area contributed by atoms with Crippen LogP contribution >= 0.6 is 0 Å². The molecule has 0 aliphatic carbocycles. The molecule has 1 radical (unpaired) electrons. The van der Waals surface area contributed by atoms with Crippen LogP contribution in [0.15, 0.2) is 0 Å². The molecule has 0 spiro atoms. The van der Waals surface area contributed by atoms with Gasteiger partial charge in [-0.1, -0.05) is 6.92 Å². The van der Waals surface area contributed by atoms with E-state index in [0.717, 1.165) is 18.5 Å². The minimum Gasteiger partial charge on any atom is -0.302 e. The Hall–Kier alpha value is -0.333. The first-order valence-electron chi connectivity index (χ1n) is 3.34. The van der Waals surface area contributed by atoms with E-state index < -0.39 is 9.04 Å². The van der Waals surface area contributed by atoms with Crippen molar-refractivity contribution in [3.05, 3.63) is 0 Å². The Kier molecular flexibility index (Phi) is 5.58. The highest BCUT2D eigenvalue weighted by Gasteiger charge is 2.03. The number of hydrogen-bond acceptors (Lipinski definition) is 1. The SMILES string of the molecule is CC[SiH]([O])CCCC#N. The first-order chi connectivity index (χ1) is 4.31. The second kappa shape index (κ2) is 5.80. The van der Waals surface area contributed by atoms with Gasteiger partial charge in [0.1, 0.15) is 0 Å². The third-order valence-electron chi connectivity index (χ3n) is 1.27. The summed E-state index contributed by atoms with van der Waals surface area (Å²) >= 11 is 0. The van der Waals surface area contributed by atoms with E-state index in [1.54, 1.807) is 0 Å². The van der Waals surface area contributed by atoms with E-state index in [9.17, 15) is 4.80 Å². The van der Waals surface area contributed by atoms with Gasteiger partial charge in [0, 0.05) is 6.42 Å². The van der Waals surface area contributed by atoms with Gasteiger partial charge in [-0.15, -0.1) is 0 Å². The second-order valence-corrected chi connectivity index (χ2v) is 4.72. The van der Waals surface area contributed by atoms with Crippen LogP contribution in [0.4, 0.5) is 0 Å². The van der Waals surface area contributed by atoms with Crippen molar-refractivity contribution in [1.82, 2.24) is 0 Å². The first-order valence-corrected chi connectivity index (χ1v) is 5.44. The molecule has 2 nitrogen and oxygen atoms in total. The molecule has 0 amide bonds. The Balaban J connectivity index is 2.99. The predicted molar refractivity (Wildman–Crippen MR) is 38.0 cm³/mol. The molecule has 0 bridgehead atoms. The van der Waals surface area contributed by atoms with Crippen molar-refractivity contribution in [3.8, 4) is 6.07 Å². The maximum atomic E-state index is 10.8. The smallest absolute Gasteiger partial charge is 0.222 e. The maximum absolute atomic E-state index is 10.8. The molecular formula is C6H12NOSi. The summed E-state index contributed by atoms with van der Waals surface area (Å²) in [6, 6.07) is 3.65. The predicted octanol–water partition coefficient (Wildman–Crippen LogP) is 1.46. The lowest BCUT2D eigenvalue weighted by molar-refractivity contribution is 0.444. The molecule has 0 aromatic heterocycles. The minimum atomic E-state index is -1.61. The second-order valence-electron chi connectivity index (χ2n) is 2.08. The highest BCUT2D eigenvalue weighted by molar-refractivity contribution is 6.49. The zero-order valence-electron chi connectivity index (χ0n) is 5.76. The van der Waals surface area contributed by atoms with Crippen LogP contribution in [0.25, 0.3) is 0 Å².